The molecule has 3 rings (SSSR count). The Morgan fingerprint density at radius 3 is 2.06 bits per heavy atom. The maximum atomic E-state index is 7.32. The highest BCUT2D eigenvalue weighted by atomic mass is 79.9. The lowest BCUT2D eigenvalue weighted by Gasteiger charge is -2.12. The summed E-state index contributed by atoms with van der Waals surface area (Å²) in [6.45, 7) is 5.08. The smallest absolute Gasteiger partial charge is 0.185 e. The maximum absolute atomic E-state index is 7.32. The minimum atomic E-state index is -0.00538. The molecule has 0 unspecified atom stereocenters. The SMILES string of the molecule is Bc1cc(CCNC(=C)N)cc(-c2cccc(-c3cc(Br)cc(CCNC(=N)N)c3)c2)c1. The molecule has 0 saturated heterocycles. The number of guanidine groups is 1. The van der Waals surface area contributed by atoms with Gasteiger partial charge in [0.05, 0.1) is 5.82 Å². The predicted octanol–water partition coefficient (Wildman–Crippen LogP) is 2.63. The molecule has 0 bridgehead atoms. The fourth-order valence-electron chi connectivity index (χ4n) is 3.72. The molecule has 0 aromatic heterocycles. The van der Waals surface area contributed by atoms with Gasteiger partial charge in [-0.2, -0.15) is 0 Å². The minimum absolute atomic E-state index is 0.00538. The van der Waals surface area contributed by atoms with Gasteiger partial charge >= 0.3 is 0 Å². The number of hydrogen-bond donors (Lipinski definition) is 5. The fourth-order valence-corrected chi connectivity index (χ4v) is 4.26. The highest BCUT2D eigenvalue weighted by Gasteiger charge is 2.07. The quantitative estimate of drug-likeness (QED) is 0.181. The van der Waals surface area contributed by atoms with Gasteiger partial charge in [-0.25, -0.2) is 0 Å². The molecule has 32 heavy (non-hydrogen) atoms. The Morgan fingerprint density at radius 2 is 1.44 bits per heavy atom. The molecule has 0 amide bonds. The Hall–Kier alpha value is -3.19. The van der Waals surface area contributed by atoms with Gasteiger partial charge in [0, 0.05) is 17.6 Å². The van der Waals surface area contributed by atoms with Crippen LogP contribution in [0.5, 0.6) is 0 Å². The Kier molecular flexibility index (Phi) is 8.00. The lowest BCUT2D eigenvalue weighted by Crippen LogP contribution is -2.31. The molecule has 7 N–H and O–H groups in total. The molecule has 3 aromatic carbocycles. The van der Waals surface area contributed by atoms with Crippen molar-refractivity contribution in [1.29, 1.82) is 5.41 Å². The van der Waals surface area contributed by atoms with Crippen molar-refractivity contribution in [3.8, 4) is 22.3 Å². The third-order valence-corrected chi connectivity index (χ3v) is 5.58. The van der Waals surface area contributed by atoms with Gasteiger partial charge in [0.1, 0.15) is 7.85 Å². The van der Waals surface area contributed by atoms with Gasteiger partial charge in [-0.05, 0) is 64.4 Å². The van der Waals surface area contributed by atoms with E-state index in [1.165, 1.54) is 27.7 Å². The third kappa shape index (κ3) is 6.92. The van der Waals surface area contributed by atoms with Gasteiger partial charge in [0.2, 0.25) is 0 Å². The maximum Gasteiger partial charge on any atom is 0.185 e. The first-order valence-corrected chi connectivity index (χ1v) is 11.4. The molecule has 0 aliphatic heterocycles. The van der Waals surface area contributed by atoms with Crippen LogP contribution in [-0.2, 0) is 12.8 Å². The van der Waals surface area contributed by atoms with Crippen molar-refractivity contribution in [2.75, 3.05) is 13.1 Å². The van der Waals surface area contributed by atoms with E-state index in [4.69, 9.17) is 16.9 Å². The van der Waals surface area contributed by atoms with Crippen LogP contribution in [0.25, 0.3) is 22.3 Å². The summed E-state index contributed by atoms with van der Waals surface area (Å²) in [4.78, 5) is 0. The van der Waals surface area contributed by atoms with Gasteiger partial charge in [-0.3, -0.25) is 5.41 Å². The second-order valence-corrected chi connectivity index (χ2v) is 8.84. The molecule has 3 aromatic rings. The number of benzene rings is 3. The number of rotatable bonds is 9. The largest absolute Gasteiger partial charge is 0.386 e. The summed E-state index contributed by atoms with van der Waals surface area (Å²) in [6.07, 6.45) is 1.67. The molecule has 0 fully saturated rings. The van der Waals surface area contributed by atoms with Crippen molar-refractivity contribution in [1.82, 2.24) is 10.6 Å². The van der Waals surface area contributed by atoms with Crippen molar-refractivity contribution in [3.63, 3.8) is 0 Å². The zero-order valence-corrected chi connectivity index (χ0v) is 19.9. The van der Waals surface area contributed by atoms with Crippen LogP contribution in [0.15, 0.2) is 77.5 Å². The van der Waals surface area contributed by atoms with E-state index in [9.17, 15) is 0 Å². The minimum Gasteiger partial charge on any atom is -0.386 e. The van der Waals surface area contributed by atoms with Crippen molar-refractivity contribution >= 4 is 35.2 Å². The van der Waals surface area contributed by atoms with Gasteiger partial charge in [-0.1, -0.05) is 70.4 Å². The number of halogens is 1. The summed E-state index contributed by atoms with van der Waals surface area (Å²) in [5, 5.41) is 13.3. The van der Waals surface area contributed by atoms with Gasteiger partial charge in [0.15, 0.2) is 5.96 Å². The van der Waals surface area contributed by atoms with Gasteiger partial charge < -0.3 is 22.1 Å². The van der Waals surface area contributed by atoms with Gasteiger partial charge in [0.25, 0.3) is 0 Å². The first kappa shape index (κ1) is 23.5. The van der Waals surface area contributed by atoms with Crippen LogP contribution in [0, 0.1) is 5.41 Å². The molecule has 0 heterocycles. The molecule has 0 spiro atoms. The van der Waals surface area contributed by atoms with Crippen LogP contribution in [0.4, 0.5) is 0 Å². The second kappa shape index (κ2) is 10.9. The predicted molar refractivity (Wildman–Crippen MR) is 142 cm³/mol. The van der Waals surface area contributed by atoms with E-state index in [0.29, 0.717) is 12.4 Å². The van der Waals surface area contributed by atoms with E-state index in [2.05, 4.69) is 102 Å². The molecule has 0 radical (unpaired) electrons. The average molecular weight is 490 g/mol. The van der Waals surface area contributed by atoms with E-state index in [1.54, 1.807) is 0 Å². The highest BCUT2D eigenvalue weighted by molar-refractivity contribution is 9.10. The first-order valence-electron chi connectivity index (χ1n) is 10.6. The monoisotopic (exact) mass is 489 g/mol. The normalized spacial score (nSPS) is 10.5. The summed E-state index contributed by atoms with van der Waals surface area (Å²) < 4.78 is 1.03. The number of hydrogen-bond acceptors (Lipinski definition) is 3. The second-order valence-electron chi connectivity index (χ2n) is 7.93. The van der Waals surface area contributed by atoms with Crippen molar-refractivity contribution in [2.24, 2.45) is 11.5 Å². The van der Waals surface area contributed by atoms with Gasteiger partial charge in [-0.15, -0.1) is 0 Å². The van der Waals surface area contributed by atoms with Crippen LogP contribution in [0.2, 0.25) is 0 Å². The molecule has 5 nitrogen and oxygen atoms in total. The summed E-state index contributed by atoms with van der Waals surface area (Å²) in [7, 11) is 2.13. The summed E-state index contributed by atoms with van der Waals surface area (Å²) >= 11 is 3.64. The van der Waals surface area contributed by atoms with Crippen LogP contribution in [0.3, 0.4) is 0 Å². The molecular weight excluding hydrogens is 461 g/mol. The zero-order chi connectivity index (χ0) is 23.1. The molecule has 0 atom stereocenters. The van der Waals surface area contributed by atoms with Crippen LogP contribution < -0.4 is 27.6 Å². The topological polar surface area (TPSA) is 100.0 Å². The molecular formula is C25H29BBrN5. The number of nitrogens with two attached hydrogens (primary N) is 2. The van der Waals surface area contributed by atoms with Crippen molar-refractivity contribution < 1.29 is 0 Å². The Balaban J connectivity index is 1.86. The first-order chi connectivity index (χ1) is 15.3. The van der Waals surface area contributed by atoms with E-state index >= 15 is 0 Å². The van der Waals surface area contributed by atoms with E-state index in [-0.39, 0.29) is 5.96 Å². The van der Waals surface area contributed by atoms with E-state index < -0.39 is 0 Å². The Labute approximate surface area is 199 Å². The van der Waals surface area contributed by atoms with Crippen molar-refractivity contribution in [2.45, 2.75) is 12.8 Å². The molecule has 0 aliphatic rings. The highest BCUT2D eigenvalue weighted by Crippen LogP contribution is 2.29. The van der Waals surface area contributed by atoms with Crippen LogP contribution in [-0.4, -0.2) is 26.9 Å². The average Bonchev–Trinajstić information content (AvgIpc) is 2.72. The lowest BCUT2D eigenvalue weighted by molar-refractivity contribution is 0.782. The summed E-state index contributed by atoms with van der Waals surface area (Å²) in [5.74, 6) is 0.491. The Bertz CT molecular complexity index is 1040. The van der Waals surface area contributed by atoms with E-state index in [0.717, 1.165) is 35.0 Å². The summed E-state index contributed by atoms with van der Waals surface area (Å²) in [5.41, 5.74) is 19.4. The lowest BCUT2D eigenvalue weighted by atomic mass is 9.88. The molecule has 0 aliphatic carbocycles. The number of nitrogens with one attached hydrogen (secondary N) is 3. The molecule has 7 heteroatoms. The molecule has 164 valence electrons. The van der Waals surface area contributed by atoms with Crippen LogP contribution in [0.1, 0.15) is 11.1 Å². The van der Waals surface area contributed by atoms with Crippen molar-refractivity contribution in [3.05, 3.63) is 88.7 Å². The fraction of sp³-hybridized carbons (Fsp3) is 0.160. The Morgan fingerprint density at radius 1 is 0.844 bits per heavy atom. The molecule has 0 saturated carbocycles. The third-order valence-electron chi connectivity index (χ3n) is 5.12. The standard InChI is InChI=1S/C25H29BBrN5/c1-16(28)31-7-5-17-9-21(14-23(26)11-17)19-3-2-4-20(13-19)22-10-18(12-24(27)15-22)6-8-32-25(29)30/h2-4,9-15,31H,1,5-8,26,28H2,(H4,29,30,32). The zero-order valence-electron chi connectivity index (χ0n) is 18.3. The van der Waals surface area contributed by atoms with Crippen LogP contribution >= 0.6 is 15.9 Å². The van der Waals surface area contributed by atoms with E-state index in [1.807, 2.05) is 0 Å². The summed E-state index contributed by atoms with van der Waals surface area (Å²) in [6, 6.07) is 21.7.